The van der Waals surface area contributed by atoms with Crippen LogP contribution >= 0.6 is 0 Å². The van der Waals surface area contributed by atoms with E-state index in [0.717, 1.165) is 11.1 Å². The third kappa shape index (κ3) is 3.45. The van der Waals surface area contributed by atoms with Gasteiger partial charge in [-0.2, -0.15) is 24.3 Å². The maximum Gasteiger partial charge on any atom is 0.193 e. The van der Waals surface area contributed by atoms with Gasteiger partial charge in [0.15, 0.2) is 11.9 Å². The first-order valence-electron chi connectivity index (χ1n) is 6.56. The minimum Gasteiger partial charge on any atom is -0.371 e. The molecule has 0 aliphatic heterocycles. The van der Waals surface area contributed by atoms with Crippen LogP contribution in [0.2, 0.25) is 0 Å². The van der Waals surface area contributed by atoms with Crippen LogP contribution in [0.4, 0.5) is 0 Å². The number of aryl methyl sites for hydroxylation is 2. The van der Waals surface area contributed by atoms with Crippen LogP contribution < -0.4 is 4.57 Å². The van der Waals surface area contributed by atoms with Crippen molar-refractivity contribution in [2.75, 3.05) is 0 Å². The monoisotopic (exact) mass is 348 g/mol. The molecule has 3 heteroatoms. The SMILES string of the molecule is Cc1c[c-]c(-c2[c-]nccc2)cc1-c1cccc[n+]1C.[Y]. The zero-order valence-electron chi connectivity index (χ0n) is 12.2. The minimum absolute atomic E-state index is 0. The summed E-state index contributed by atoms with van der Waals surface area (Å²) in [5.41, 5.74) is 5.58. The second-order valence-corrected chi connectivity index (χ2v) is 4.80. The summed E-state index contributed by atoms with van der Waals surface area (Å²) in [4.78, 5) is 4.05. The standard InChI is InChI=1S/C18H15N2.Y/c1-14-8-9-15(16-6-5-10-19-13-16)12-17(14)18-7-3-4-11-20(18)2;/h3-8,10-12H,1-2H3;/q-1;. The van der Waals surface area contributed by atoms with Crippen LogP contribution in [-0.4, -0.2) is 4.98 Å². The van der Waals surface area contributed by atoms with E-state index in [9.17, 15) is 0 Å². The second-order valence-electron chi connectivity index (χ2n) is 4.80. The Morgan fingerprint density at radius 1 is 1.10 bits per heavy atom. The Bertz CT molecular complexity index is 739. The predicted molar refractivity (Wildman–Crippen MR) is 78.7 cm³/mol. The molecule has 0 aliphatic rings. The van der Waals surface area contributed by atoms with Crippen LogP contribution in [0.25, 0.3) is 22.4 Å². The third-order valence-corrected chi connectivity index (χ3v) is 3.39. The number of hydrogen-bond donors (Lipinski definition) is 0. The summed E-state index contributed by atoms with van der Waals surface area (Å²) in [6.07, 6.45) is 6.80. The van der Waals surface area contributed by atoms with Crippen molar-refractivity contribution in [1.29, 1.82) is 0 Å². The van der Waals surface area contributed by atoms with Crippen molar-refractivity contribution in [1.82, 2.24) is 4.98 Å². The summed E-state index contributed by atoms with van der Waals surface area (Å²) in [5.74, 6) is 0. The first-order valence-corrected chi connectivity index (χ1v) is 6.56. The van der Waals surface area contributed by atoms with Gasteiger partial charge in [-0.3, -0.25) is 0 Å². The van der Waals surface area contributed by atoms with Crippen molar-refractivity contribution in [3.63, 3.8) is 0 Å². The number of hydrogen-bond acceptors (Lipinski definition) is 1. The fourth-order valence-corrected chi connectivity index (χ4v) is 2.27. The summed E-state index contributed by atoms with van der Waals surface area (Å²) < 4.78 is 2.12. The molecule has 0 aliphatic carbocycles. The van der Waals surface area contributed by atoms with Crippen molar-refractivity contribution in [2.24, 2.45) is 7.05 Å². The van der Waals surface area contributed by atoms with Crippen LogP contribution in [0.3, 0.4) is 0 Å². The van der Waals surface area contributed by atoms with E-state index in [4.69, 9.17) is 0 Å². The van der Waals surface area contributed by atoms with Crippen molar-refractivity contribution in [2.45, 2.75) is 6.92 Å². The molecular weight excluding hydrogens is 333 g/mol. The smallest absolute Gasteiger partial charge is 0.193 e. The summed E-state index contributed by atoms with van der Waals surface area (Å²) in [5, 5.41) is 0. The Hall–Kier alpha value is -1.38. The molecule has 3 aromatic rings. The van der Waals surface area contributed by atoms with Crippen LogP contribution in [0.1, 0.15) is 5.56 Å². The average Bonchev–Trinajstić information content (AvgIpc) is 2.49. The zero-order valence-corrected chi connectivity index (χ0v) is 15.0. The molecule has 2 heterocycles. The number of rotatable bonds is 2. The van der Waals surface area contributed by atoms with Gasteiger partial charge < -0.3 is 4.98 Å². The molecule has 0 spiro atoms. The minimum atomic E-state index is 0. The predicted octanol–water partition coefficient (Wildman–Crippen LogP) is 3.15. The molecule has 0 unspecified atom stereocenters. The van der Waals surface area contributed by atoms with Gasteiger partial charge in [-0.15, -0.1) is 11.6 Å². The van der Waals surface area contributed by atoms with Gasteiger partial charge in [-0.25, -0.2) is 15.7 Å². The maximum absolute atomic E-state index is 4.05. The molecule has 0 fully saturated rings. The van der Waals surface area contributed by atoms with Gasteiger partial charge in [-0.05, 0) is 11.6 Å². The molecule has 2 nitrogen and oxygen atoms in total. The van der Waals surface area contributed by atoms with E-state index in [1.165, 1.54) is 16.8 Å². The van der Waals surface area contributed by atoms with Crippen molar-refractivity contribution >= 4 is 0 Å². The Labute approximate surface area is 150 Å². The molecule has 21 heavy (non-hydrogen) atoms. The molecule has 0 N–H and O–H groups in total. The summed E-state index contributed by atoms with van der Waals surface area (Å²) in [7, 11) is 2.06. The van der Waals surface area contributed by atoms with Crippen LogP contribution in [0, 0.1) is 19.2 Å². The fourth-order valence-electron chi connectivity index (χ4n) is 2.27. The zero-order chi connectivity index (χ0) is 13.9. The van der Waals surface area contributed by atoms with Crippen LogP contribution in [-0.2, 0) is 39.8 Å². The molecular formula is C18H15N2Y-. The first-order chi connectivity index (χ1) is 9.75. The van der Waals surface area contributed by atoms with Gasteiger partial charge in [0.2, 0.25) is 0 Å². The van der Waals surface area contributed by atoms with Gasteiger partial charge in [0, 0.05) is 44.8 Å². The molecule has 3 rings (SSSR count). The Morgan fingerprint density at radius 3 is 2.67 bits per heavy atom. The Balaban J connectivity index is 0.00000161. The molecule has 0 saturated heterocycles. The summed E-state index contributed by atoms with van der Waals surface area (Å²) in [6, 6.07) is 17.6. The quantitative estimate of drug-likeness (QED) is 0.514. The second kappa shape index (κ2) is 7.06. The van der Waals surface area contributed by atoms with E-state index < -0.39 is 0 Å². The van der Waals surface area contributed by atoms with Crippen LogP contribution in [0.5, 0.6) is 0 Å². The van der Waals surface area contributed by atoms with E-state index in [0.29, 0.717) is 0 Å². The number of nitrogens with zero attached hydrogens (tertiary/aromatic N) is 2. The fraction of sp³-hybridized carbons (Fsp3) is 0.111. The van der Waals surface area contributed by atoms with Gasteiger partial charge >= 0.3 is 0 Å². The van der Waals surface area contributed by atoms with Crippen LogP contribution in [0.15, 0.2) is 54.9 Å². The van der Waals surface area contributed by atoms with E-state index in [1.54, 1.807) is 6.20 Å². The van der Waals surface area contributed by atoms with E-state index in [1.807, 2.05) is 24.3 Å². The van der Waals surface area contributed by atoms with Gasteiger partial charge in [-0.1, -0.05) is 19.3 Å². The number of benzene rings is 1. The molecule has 0 saturated carbocycles. The topological polar surface area (TPSA) is 16.8 Å². The van der Waals surface area contributed by atoms with E-state index >= 15 is 0 Å². The largest absolute Gasteiger partial charge is 0.371 e. The van der Waals surface area contributed by atoms with Crippen molar-refractivity contribution in [3.8, 4) is 22.4 Å². The van der Waals surface area contributed by atoms with Crippen molar-refractivity contribution in [3.05, 3.63) is 72.7 Å². The molecule has 0 amide bonds. The summed E-state index contributed by atoms with van der Waals surface area (Å²) in [6.45, 7) is 2.11. The molecule has 1 radical (unpaired) electrons. The number of pyridine rings is 2. The molecule has 0 atom stereocenters. The van der Waals surface area contributed by atoms with Gasteiger partial charge in [0.25, 0.3) is 0 Å². The van der Waals surface area contributed by atoms with Gasteiger partial charge in [0.05, 0.1) is 0 Å². The summed E-state index contributed by atoms with van der Waals surface area (Å²) >= 11 is 0. The average molecular weight is 348 g/mol. The molecule has 0 bridgehead atoms. The third-order valence-electron chi connectivity index (χ3n) is 3.39. The molecule has 1 aromatic carbocycles. The molecule has 101 valence electrons. The van der Waals surface area contributed by atoms with Crippen molar-refractivity contribution < 1.29 is 37.3 Å². The Morgan fingerprint density at radius 2 is 1.95 bits per heavy atom. The first kappa shape index (κ1) is 16.0. The Kier molecular flexibility index (Phi) is 5.38. The maximum atomic E-state index is 4.05. The van der Waals surface area contributed by atoms with E-state index in [-0.39, 0.29) is 32.7 Å². The van der Waals surface area contributed by atoms with E-state index in [2.05, 4.69) is 60.2 Å². The number of aromatic nitrogens is 2. The van der Waals surface area contributed by atoms with Gasteiger partial charge in [0.1, 0.15) is 7.05 Å². The molecule has 2 aromatic heterocycles. The normalized spacial score (nSPS) is 10.0.